The number of ether oxygens (including phenoxy) is 1. The van der Waals surface area contributed by atoms with Crippen LogP contribution >= 0.6 is 22.9 Å². The van der Waals surface area contributed by atoms with Crippen LogP contribution in [0.3, 0.4) is 0 Å². The molecule has 142 valence electrons. The highest BCUT2D eigenvalue weighted by Crippen LogP contribution is 2.46. The molecule has 1 aromatic carbocycles. The quantitative estimate of drug-likeness (QED) is 0.482. The van der Waals surface area contributed by atoms with Crippen LogP contribution in [-0.2, 0) is 13.0 Å². The molecular weight excluding hydrogens is 396 g/mol. The van der Waals surface area contributed by atoms with Crippen LogP contribution in [-0.4, -0.2) is 33.9 Å². The van der Waals surface area contributed by atoms with E-state index in [1.165, 1.54) is 6.39 Å². The molecule has 0 fully saturated rings. The molecule has 0 amide bonds. The number of rotatable bonds is 4. The fraction of sp³-hybridized carbons (Fsp3) is 0.250. The van der Waals surface area contributed by atoms with Crippen LogP contribution in [0.4, 0.5) is 0 Å². The molecule has 1 atom stereocenters. The van der Waals surface area contributed by atoms with Gasteiger partial charge in [-0.25, -0.2) is 15.0 Å². The van der Waals surface area contributed by atoms with Crippen molar-refractivity contribution in [2.24, 2.45) is 0 Å². The zero-order valence-corrected chi connectivity index (χ0v) is 16.9. The molecule has 0 bridgehead atoms. The van der Waals surface area contributed by atoms with Crippen molar-refractivity contribution in [2.75, 3.05) is 14.1 Å². The molecule has 4 aromatic rings. The number of thiophene rings is 1. The minimum Gasteiger partial charge on any atom is -0.481 e. The van der Waals surface area contributed by atoms with Crippen molar-refractivity contribution < 1.29 is 9.15 Å². The average Bonchev–Trinajstić information content (AvgIpc) is 3.38. The summed E-state index contributed by atoms with van der Waals surface area (Å²) in [7, 11) is 4.00. The highest BCUT2D eigenvalue weighted by Gasteiger charge is 2.32. The van der Waals surface area contributed by atoms with Crippen LogP contribution in [0.25, 0.3) is 21.5 Å². The third kappa shape index (κ3) is 2.96. The molecule has 1 unspecified atom stereocenters. The largest absolute Gasteiger partial charge is 0.481 e. The molecule has 1 aliphatic rings. The SMILES string of the molecule is CN(C)Cc1ncoc1C1Cc2cc(Cl)cc(-c3ncnc4ccsc34)c2O1. The third-order valence-electron chi connectivity index (χ3n) is 4.73. The number of fused-ring (bicyclic) bond motifs is 2. The number of halogens is 1. The Morgan fingerprint density at radius 3 is 3.00 bits per heavy atom. The highest BCUT2D eigenvalue weighted by molar-refractivity contribution is 7.17. The third-order valence-corrected chi connectivity index (χ3v) is 5.85. The van der Waals surface area contributed by atoms with Gasteiger partial charge in [0.25, 0.3) is 0 Å². The van der Waals surface area contributed by atoms with E-state index >= 15 is 0 Å². The van der Waals surface area contributed by atoms with Crippen LogP contribution in [0.15, 0.2) is 40.7 Å². The number of hydrogen-bond acceptors (Lipinski definition) is 7. The second kappa shape index (κ2) is 6.84. The Labute approximate surface area is 170 Å². The number of oxazole rings is 1. The minimum atomic E-state index is -0.231. The lowest BCUT2D eigenvalue weighted by Crippen LogP contribution is -2.14. The molecule has 0 saturated heterocycles. The number of nitrogens with zero attached hydrogens (tertiary/aromatic N) is 4. The summed E-state index contributed by atoms with van der Waals surface area (Å²) < 4.78 is 13.1. The van der Waals surface area contributed by atoms with Gasteiger partial charge in [-0.05, 0) is 37.7 Å². The highest BCUT2D eigenvalue weighted by atomic mass is 35.5. The van der Waals surface area contributed by atoms with Crippen LogP contribution in [0, 0.1) is 0 Å². The summed E-state index contributed by atoms with van der Waals surface area (Å²) in [5.41, 5.74) is 4.57. The summed E-state index contributed by atoms with van der Waals surface area (Å²) in [6.45, 7) is 0.692. The first kappa shape index (κ1) is 17.6. The molecule has 8 heteroatoms. The fourth-order valence-corrected chi connectivity index (χ4v) is 4.68. The Hall–Kier alpha value is -2.48. The molecule has 0 saturated carbocycles. The first-order valence-electron chi connectivity index (χ1n) is 8.85. The van der Waals surface area contributed by atoms with Crippen molar-refractivity contribution in [3.63, 3.8) is 0 Å². The summed E-state index contributed by atoms with van der Waals surface area (Å²) in [4.78, 5) is 15.3. The molecule has 4 heterocycles. The van der Waals surface area contributed by atoms with Crippen LogP contribution in [0.5, 0.6) is 5.75 Å². The second-order valence-corrected chi connectivity index (χ2v) is 8.36. The maximum Gasteiger partial charge on any atom is 0.181 e. The van der Waals surface area contributed by atoms with E-state index in [1.54, 1.807) is 17.7 Å². The van der Waals surface area contributed by atoms with Gasteiger partial charge in [0.15, 0.2) is 18.3 Å². The van der Waals surface area contributed by atoms with Gasteiger partial charge in [0.2, 0.25) is 0 Å². The van der Waals surface area contributed by atoms with Crippen LogP contribution in [0.1, 0.15) is 23.1 Å². The van der Waals surface area contributed by atoms with E-state index in [1.807, 2.05) is 37.7 Å². The van der Waals surface area contributed by atoms with E-state index in [2.05, 4.69) is 19.9 Å². The van der Waals surface area contributed by atoms with Crippen LogP contribution in [0.2, 0.25) is 5.02 Å². The van der Waals surface area contributed by atoms with E-state index in [0.717, 1.165) is 44.2 Å². The zero-order chi connectivity index (χ0) is 19.3. The van der Waals surface area contributed by atoms with Gasteiger partial charge in [0, 0.05) is 29.1 Å². The lowest BCUT2D eigenvalue weighted by atomic mass is 10.0. The summed E-state index contributed by atoms with van der Waals surface area (Å²) in [6.07, 6.45) is 3.51. The molecule has 3 aromatic heterocycles. The van der Waals surface area contributed by atoms with Gasteiger partial charge in [-0.15, -0.1) is 11.3 Å². The zero-order valence-electron chi connectivity index (χ0n) is 15.3. The topological polar surface area (TPSA) is 64.3 Å². The molecule has 0 spiro atoms. The molecule has 0 N–H and O–H groups in total. The van der Waals surface area contributed by atoms with Gasteiger partial charge in [-0.3, -0.25) is 0 Å². The van der Waals surface area contributed by atoms with Gasteiger partial charge in [0.05, 0.1) is 15.9 Å². The van der Waals surface area contributed by atoms with Gasteiger partial charge in [-0.1, -0.05) is 11.6 Å². The summed E-state index contributed by atoms with van der Waals surface area (Å²) >= 11 is 8.05. The molecule has 1 aliphatic heterocycles. The van der Waals surface area contributed by atoms with Gasteiger partial charge < -0.3 is 14.1 Å². The monoisotopic (exact) mass is 412 g/mol. The molecule has 5 rings (SSSR count). The normalized spacial score (nSPS) is 15.9. The van der Waals surface area contributed by atoms with E-state index in [4.69, 9.17) is 20.8 Å². The standard InChI is InChI=1S/C20H17ClN4O2S/c1-25(2)8-15-19(26-10-24-15)16-6-11-5-12(21)7-13(18(11)27-16)17-20-14(3-4-28-20)22-9-23-17/h3-5,7,9-10,16H,6,8H2,1-2H3. The Bertz CT molecular complexity index is 1170. The van der Waals surface area contributed by atoms with Crippen molar-refractivity contribution in [1.29, 1.82) is 0 Å². The summed E-state index contributed by atoms with van der Waals surface area (Å²) in [6, 6.07) is 5.85. The second-order valence-electron chi connectivity index (χ2n) is 7.01. The summed E-state index contributed by atoms with van der Waals surface area (Å²) in [5, 5.41) is 2.67. The van der Waals surface area contributed by atoms with E-state index in [9.17, 15) is 0 Å². The van der Waals surface area contributed by atoms with Crippen molar-refractivity contribution in [3.8, 4) is 17.0 Å². The van der Waals surface area contributed by atoms with Crippen LogP contribution < -0.4 is 4.74 Å². The predicted molar refractivity (Wildman–Crippen MR) is 109 cm³/mol. The van der Waals surface area contributed by atoms with Gasteiger partial charge >= 0.3 is 0 Å². The minimum absolute atomic E-state index is 0.231. The van der Waals surface area contributed by atoms with Gasteiger partial charge in [-0.2, -0.15) is 0 Å². The Kier molecular flexibility index (Phi) is 4.30. The van der Waals surface area contributed by atoms with Crippen molar-refractivity contribution >= 4 is 33.2 Å². The predicted octanol–water partition coefficient (Wildman–Crippen LogP) is 4.74. The molecule has 6 nitrogen and oxygen atoms in total. The lowest BCUT2D eigenvalue weighted by molar-refractivity contribution is 0.202. The first-order chi connectivity index (χ1) is 13.6. The Balaban J connectivity index is 1.58. The maximum absolute atomic E-state index is 6.44. The number of aromatic nitrogens is 3. The van der Waals surface area contributed by atoms with Crippen molar-refractivity contribution in [3.05, 3.63) is 58.3 Å². The maximum atomic E-state index is 6.44. The number of benzene rings is 1. The van der Waals surface area contributed by atoms with Crippen molar-refractivity contribution in [1.82, 2.24) is 19.9 Å². The molecule has 0 aliphatic carbocycles. The van der Waals surface area contributed by atoms with E-state index in [0.29, 0.717) is 18.0 Å². The molecule has 0 radical (unpaired) electrons. The lowest BCUT2D eigenvalue weighted by Gasteiger charge is -2.13. The summed E-state index contributed by atoms with van der Waals surface area (Å²) in [5.74, 6) is 1.56. The van der Waals surface area contributed by atoms with E-state index < -0.39 is 0 Å². The molecular formula is C20H17ClN4O2S. The first-order valence-corrected chi connectivity index (χ1v) is 10.1. The average molecular weight is 413 g/mol. The number of hydrogen-bond donors (Lipinski definition) is 0. The Morgan fingerprint density at radius 1 is 1.25 bits per heavy atom. The fourth-order valence-electron chi connectivity index (χ4n) is 3.59. The van der Waals surface area contributed by atoms with E-state index in [-0.39, 0.29) is 6.10 Å². The molecule has 28 heavy (non-hydrogen) atoms. The smallest absolute Gasteiger partial charge is 0.181 e. The van der Waals surface area contributed by atoms with Crippen molar-refractivity contribution in [2.45, 2.75) is 19.1 Å². The van der Waals surface area contributed by atoms with Gasteiger partial charge in [0.1, 0.15) is 17.8 Å². The Morgan fingerprint density at radius 2 is 2.14 bits per heavy atom.